The standard InChI is InChI=1S/C18H20N2O2.C2H6/c1-18(2)16(19-3)17(21)20(13-9-5-4-6-10-13)14-11-7-8-12-15(14)22-18;1-2/h4-12,16,19H,1-3H3;1-2H3. The minimum atomic E-state index is -0.647. The van der Waals surface area contributed by atoms with Crippen molar-refractivity contribution < 1.29 is 9.53 Å². The Kier molecular flexibility index (Phi) is 5.62. The van der Waals surface area contributed by atoms with E-state index in [4.69, 9.17) is 4.74 Å². The van der Waals surface area contributed by atoms with Crippen LogP contribution < -0.4 is 15.0 Å². The molecule has 4 nitrogen and oxygen atoms in total. The molecule has 0 aromatic heterocycles. The maximum atomic E-state index is 13.1. The second-order valence-electron chi connectivity index (χ2n) is 5.90. The van der Waals surface area contributed by atoms with Gasteiger partial charge in [-0.2, -0.15) is 0 Å². The van der Waals surface area contributed by atoms with E-state index < -0.39 is 11.6 Å². The van der Waals surface area contributed by atoms with Crippen LogP contribution >= 0.6 is 0 Å². The van der Waals surface area contributed by atoms with E-state index in [9.17, 15) is 4.79 Å². The molecule has 1 heterocycles. The van der Waals surface area contributed by atoms with Gasteiger partial charge in [0.15, 0.2) is 0 Å². The molecule has 0 saturated heterocycles. The van der Waals surface area contributed by atoms with Crippen LogP contribution in [0.15, 0.2) is 54.6 Å². The number of benzene rings is 2. The fourth-order valence-corrected chi connectivity index (χ4v) is 2.93. The third-order valence-corrected chi connectivity index (χ3v) is 3.94. The summed E-state index contributed by atoms with van der Waals surface area (Å²) in [4.78, 5) is 14.9. The van der Waals surface area contributed by atoms with Crippen LogP contribution in [0, 0.1) is 0 Å². The van der Waals surface area contributed by atoms with Crippen molar-refractivity contribution in [3.63, 3.8) is 0 Å². The van der Waals surface area contributed by atoms with Gasteiger partial charge in [-0.15, -0.1) is 0 Å². The first-order valence-electron chi connectivity index (χ1n) is 8.39. The zero-order valence-corrected chi connectivity index (χ0v) is 15.0. The predicted octanol–water partition coefficient (Wildman–Crippen LogP) is 4.14. The number of carbonyl (C=O) groups is 1. The van der Waals surface area contributed by atoms with Gasteiger partial charge in [0.1, 0.15) is 17.4 Å². The van der Waals surface area contributed by atoms with E-state index in [1.807, 2.05) is 82.3 Å². The number of hydrogen-bond acceptors (Lipinski definition) is 3. The van der Waals surface area contributed by atoms with Gasteiger partial charge in [0.05, 0.1) is 5.69 Å². The van der Waals surface area contributed by atoms with Crippen LogP contribution in [0.1, 0.15) is 27.7 Å². The highest BCUT2D eigenvalue weighted by Gasteiger charge is 2.43. The number of hydrogen-bond donors (Lipinski definition) is 1. The Labute approximate surface area is 144 Å². The SMILES string of the molecule is CC.CNC1C(=O)N(c2ccccc2)c2ccccc2OC1(C)C. The number of rotatable bonds is 2. The molecule has 1 aliphatic heterocycles. The fraction of sp³-hybridized carbons (Fsp3) is 0.350. The summed E-state index contributed by atoms with van der Waals surface area (Å²) in [5.74, 6) is 0.686. The Morgan fingerprint density at radius 1 is 1.00 bits per heavy atom. The summed E-state index contributed by atoms with van der Waals surface area (Å²) in [6.07, 6.45) is 0. The molecule has 1 aliphatic rings. The van der Waals surface area contributed by atoms with Crippen LogP contribution in [-0.4, -0.2) is 24.6 Å². The highest BCUT2D eigenvalue weighted by atomic mass is 16.5. The molecule has 2 aromatic rings. The maximum absolute atomic E-state index is 13.1. The summed E-state index contributed by atoms with van der Waals surface area (Å²) < 4.78 is 6.14. The second kappa shape index (κ2) is 7.49. The van der Waals surface area contributed by atoms with Crippen molar-refractivity contribution in [2.45, 2.75) is 39.3 Å². The second-order valence-corrected chi connectivity index (χ2v) is 5.90. The van der Waals surface area contributed by atoms with Crippen molar-refractivity contribution in [1.29, 1.82) is 0 Å². The Morgan fingerprint density at radius 3 is 2.21 bits per heavy atom. The molecular formula is C20H26N2O2. The Hall–Kier alpha value is -2.33. The van der Waals surface area contributed by atoms with Crippen LogP contribution in [-0.2, 0) is 4.79 Å². The fourth-order valence-electron chi connectivity index (χ4n) is 2.93. The summed E-state index contributed by atoms with van der Waals surface area (Å²) in [5, 5.41) is 3.10. The molecule has 0 saturated carbocycles. The van der Waals surface area contributed by atoms with Crippen molar-refractivity contribution in [1.82, 2.24) is 5.32 Å². The van der Waals surface area contributed by atoms with Gasteiger partial charge in [-0.1, -0.05) is 44.2 Å². The third kappa shape index (κ3) is 3.29. The van der Waals surface area contributed by atoms with Gasteiger partial charge in [-0.25, -0.2) is 0 Å². The molecule has 1 atom stereocenters. The number of carbonyl (C=O) groups excluding carboxylic acids is 1. The van der Waals surface area contributed by atoms with E-state index in [0.29, 0.717) is 5.75 Å². The molecule has 128 valence electrons. The number of fused-ring (bicyclic) bond motifs is 1. The lowest BCUT2D eigenvalue weighted by Gasteiger charge is -2.32. The molecule has 1 N–H and O–H groups in total. The molecular weight excluding hydrogens is 300 g/mol. The smallest absolute Gasteiger partial charge is 0.252 e. The van der Waals surface area contributed by atoms with E-state index in [2.05, 4.69) is 5.32 Å². The lowest BCUT2D eigenvalue weighted by molar-refractivity contribution is -0.123. The first-order valence-corrected chi connectivity index (χ1v) is 8.39. The van der Waals surface area contributed by atoms with Crippen LogP contribution in [0.3, 0.4) is 0 Å². The van der Waals surface area contributed by atoms with E-state index >= 15 is 0 Å². The normalized spacial score (nSPS) is 18.6. The van der Waals surface area contributed by atoms with Gasteiger partial charge in [-0.05, 0) is 45.2 Å². The van der Waals surface area contributed by atoms with Gasteiger partial charge in [0.2, 0.25) is 0 Å². The number of anilines is 2. The molecule has 3 rings (SSSR count). The molecule has 0 bridgehead atoms. The Bertz CT molecular complexity index is 683. The molecule has 4 heteroatoms. The number of ether oxygens (including phenoxy) is 1. The first-order chi connectivity index (χ1) is 11.5. The number of para-hydroxylation sites is 3. The van der Waals surface area contributed by atoms with Crippen molar-refractivity contribution in [2.75, 3.05) is 11.9 Å². The monoisotopic (exact) mass is 326 g/mol. The van der Waals surface area contributed by atoms with E-state index in [0.717, 1.165) is 11.4 Å². The highest BCUT2D eigenvalue weighted by molar-refractivity contribution is 6.06. The predicted molar refractivity (Wildman–Crippen MR) is 98.9 cm³/mol. The van der Waals surface area contributed by atoms with Crippen LogP contribution in [0.2, 0.25) is 0 Å². The lowest BCUT2D eigenvalue weighted by Crippen LogP contribution is -2.56. The molecule has 2 aromatic carbocycles. The minimum Gasteiger partial charge on any atom is -0.483 e. The zero-order chi connectivity index (χ0) is 17.7. The average Bonchev–Trinajstić information content (AvgIpc) is 2.67. The number of likely N-dealkylation sites (N-methyl/N-ethyl adjacent to an activating group) is 1. The Balaban J connectivity index is 0.00000100. The average molecular weight is 326 g/mol. The van der Waals surface area contributed by atoms with Gasteiger partial charge in [-0.3, -0.25) is 9.69 Å². The molecule has 24 heavy (non-hydrogen) atoms. The zero-order valence-electron chi connectivity index (χ0n) is 15.0. The minimum absolute atomic E-state index is 0.0244. The van der Waals surface area contributed by atoms with E-state index in [1.54, 1.807) is 11.9 Å². The third-order valence-electron chi connectivity index (χ3n) is 3.94. The topological polar surface area (TPSA) is 41.6 Å². The summed E-state index contributed by atoms with van der Waals surface area (Å²) in [6.45, 7) is 7.86. The molecule has 0 spiro atoms. The molecule has 0 radical (unpaired) electrons. The van der Waals surface area contributed by atoms with Crippen molar-refractivity contribution in [2.24, 2.45) is 0 Å². The summed E-state index contributed by atoms with van der Waals surface area (Å²) in [6, 6.07) is 16.9. The van der Waals surface area contributed by atoms with Crippen LogP contribution in [0.25, 0.3) is 0 Å². The number of nitrogens with zero attached hydrogens (tertiary/aromatic N) is 1. The molecule has 1 unspecified atom stereocenters. The first kappa shape index (κ1) is 18.0. The van der Waals surface area contributed by atoms with E-state index in [-0.39, 0.29) is 5.91 Å². The van der Waals surface area contributed by atoms with Gasteiger partial charge in [0, 0.05) is 5.69 Å². The molecule has 1 amide bonds. The van der Waals surface area contributed by atoms with E-state index in [1.165, 1.54) is 0 Å². The quantitative estimate of drug-likeness (QED) is 0.902. The van der Waals surface area contributed by atoms with Crippen molar-refractivity contribution in [3.05, 3.63) is 54.6 Å². The van der Waals surface area contributed by atoms with Crippen LogP contribution in [0.4, 0.5) is 11.4 Å². The van der Waals surface area contributed by atoms with Gasteiger partial charge >= 0.3 is 0 Å². The maximum Gasteiger partial charge on any atom is 0.252 e. The highest BCUT2D eigenvalue weighted by Crippen LogP contribution is 2.40. The Morgan fingerprint density at radius 2 is 1.58 bits per heavy atom. The number of nitrogens with one attached hydrogen (secondary N) is 1. The lowest BCUT2D eigenvalue weighted by atomic mass is 9.97. The van der Waals surface area contributed by atoms with Crippen molar-refractivity contribution >= 4 is 17.3 Å². The largest absolute Gasteiger partial charge is 0.483 e. The molecule has 0 fully saturated rings. The van der Waals surface area contributed by atoms with Gasteiger partial charge in [0.25, 0.3) is 5.91 Å². The summed E-state index contributed by atoms with van der Waals surface area (Å²) in [5.41, 5.74) is 0.955. The van der Waals surface area contributed by atoms with Crippen molar-refractivity contribution in [3.8, 4) is 5.75 Å². The van der Waals surface area contributed by atoms with Gasteiger partial charge < -0.3 is 10.1 Å². The van der Waals surface area contributed by atoms with Crippen LogP contribution in [0.5, 0.6) is 5.75 Å². The molecule has 0 aliphatic carbocycles. The number of amides is 1. The summed E-state index contributed by atoms with van der Waals surface area (Å²) >= 11 is 0. The summed E-state index contributed by atoms with van der Waals surface area (Å²) in [7, 11) is 1.78.